The van der Waals surface area contributed by atoms with Crippen LogP contribution in [0.4, 0.5) is 0 Å². The number of rotatable bonds is 6. The summed E-state index contributed by atoms with van der Waals surface area (Å²) in [5, 5.41) is 6.32. The van der Waals surface area contributed by atoms with E-state index in [9.17, 15) is 9.59 Å². The van der Waals surface area contributed by atoms with Crippen LogP contribution in [-0.4, -0.2) is 38.6 Å². The van der Waals surface area contributed by atoms with Gasteiger partial charge >= 0.3 is 5.97 Å². The van der Waals surface area contributed by atoms with Crippen molar-refractivity contribution in [2.24, 2.45) is 5.92 Å². The summed E-state index contributed by atoms with van der Waals surface area (Å²) in [6.45, 7) is 9.24. The zero-order valence-corrected chi connectivity index (χ0v) is 15.6. The van der Waals surface area contributed by atoms with Crippen molar-refractivity contribution in [3.63, 3.8) is 0 Å². The van der Waals surface area contributed by atoms with Crippen LogP contribution in [0.5, 0.6) is 0 Å². The van der Waals surface area contributed by atoms with Crippen molar-refractivity contribution < 1.29 is 18.8 Å². The van der Waals surface area contributed by atoms with Crippen molar-refractivity contribution in [2.75, 3.05) is 0 Å². The summed E-state index contributed by atoms with van der Waals surface area (Å²) in [6, 6.07) is 2.67. The number of carbonyl (C=O) groups is 2. The number of amides is 1. The monoisotopic (exact) mass is 360 g/mol. The van der Waals surface area contributed by atoms with Crippen LogP contribution in [0.1, 0.15) is 51.7 Å². The number of aromatic nitrogens is 3. The highest BCUT2D eigenvalue weighted by Gasteiger charge is 2.29. The first-order chi connectivity index (χ1) is 12.2. The Morgan fingerprint density at radius 3 is 2.62 bits per heavy atom. The van der Waals surface area contributed by atoms with Gasteiger partial charge in [-0.2, -0.15) is 4.98 Å². The largest absolute Gasteiger partial charge is 0.458 e. The molecule has 0 aliphatic heterocycles. The smallest absolute Gasteiger partial charge is 0.329 e. The topological polar surface area (TPSA) is 107 Å². The minimum Gasteiger partial charge on any atom is -0.458 e. The summed E-state index contributed by atoms with van der Waals surface area (Å²) in [5.41, 5.74) is -0.0404. The van der Waals surface area contributed by atoms with E-state index in [2.05, 4.69) is 20.4 Å². The van der Waals surface area contributed by atoms with Gasteiger partial charge in [-0.3, -0.25) is 9.78 Å². The van der Waals surface area contributed by atoms with Crippen LogP contribution < -0.4 is 5.32 Å². The highest BCUT2D eigenvalue weighted by molar-refractivity contribution is 5.94. The number of nitrogens with one attached hydrogen (secondary N) is 1. The van der Waals surface area contributed by atoms with Crippen molar-refractivity contribution in [1.29, 1.82) is 0 Å². The summed E-state index contributed by atoms with van der Waals surface area (Å²) >= 11 is 0. The third kappa shape index (κ3) is 5.65. The SMILES string of the molecule is CC(C)C[C@H](NC(=O)c1noc(-c2cccnc2)n1)C(=O)OC(C)(C)C. The second-order valence-corrected chi connectivity index (χ2v) is 7.35. The van der Waals surface area contributed by atoms with E-state index in [1.165, 1.54) is 0 Å². The molecular formula is C18H24N4O4. The molecule has 0 bridgehead atoms. The van der Waals surface area contributed by atoms with Crippen molar-refractivity contribution in [3.05, 3.63) is 30.4 Å². The van der Waals surface area contributed by atoms with Gasteiger partial charge in [0.25, 0.3) is 17.6 Å². The Morgan fingerprint density at radius 1 is 1.31 bits per heavy atom. The van der Waals surface area contributed by atoms with Gasteiger partial charge in [0.2, 0.25) is 0 Å². The quantitative estimate of drug-likeness (QED) is 0.789. The fourth-order valence-corrected chi connectivity index (χ4v) is 2.20. The van der Waals surface area contributed by atoms with Gasteiger partial charge in [0.05, 0.1) is 5.56 Å². The molecule has 1 atom stereocenters. The summed E-state index contributed by atoms with van der Waals surface area (Å²) in [6.07, 6.45) is 3.61. The molecule has 1 N–H and O–H groups in total. The van der Waals surface area contributed by atoms with Crippen LogP contribution in [0, 0.1) is 5.92 Å². The molecule has 140 valence electrons. The first-order valence-corrected chi connectivity index (χ1v) is 8.43. The number of pyridine rings is 1. The van der Waals surface area contributed by atoms with Gasteiger partial charge in [-0.1, -0.05) is 19.0 Å². The molecule has 0 saturated heterocycles. The maximum atomic E-state index is 12.4. The summed E-state index contributed by atoms with van der Waals surface area (Å²) in [4.78, 5) is 32.8. The van der Waals surface area contributed by atoms with E-state index in [0.29, 0.717) is 12.0 Å². The molecule has 8 heteroatoms. The lowest BCUT2D eigenvalue weighted by atomic mass is 10.0. The van der Waals surface area contributed by atoms with Crippen LogP contribution in [-0.2, 0) is 9.53 Å². The standard InChI is InChI=1S/C18H24N4O4/c1-11(2)9-13(17(24)25-18(3,4)5)20-15(23)14-21-16(26-22-14)12-7-6-8-19-10-12/h6-8,10-11,13H,9H2,1-5H3,(H,20,23)/t13-/m0/s1. The molecule has 0 fully saturated rings. The highest BCUT2D eigenvalue weighted by Crippen LogP contribution is 2.16. The van der Waals surface area contributed by atoms with E-state index in [4.69, 9.17) is 9.26 Å². The second kappa shape index (κ2) is 8.07. The summed E-state index contributed by atoms with van der Waals surface area (Å²) in [5.74, 6) is -0.873. The molecule has 2 rings (SSSR count). The fraction of sp³-hybridized carbons (Fsp3) is 0.500. The minimum absolute atomic E-state index is 0.152. The normalized spacial score (nSPS) is 12.7. The Hall–Kier alpha value is -2.77. The lowest BCUT2D eigenvalue weighted by molar-refractivity contribution is -0.157. The average Bonchev–Trinajstić information content (AvgIpc) is 3.03. The number of carbonyl (C=O) groups excluding carboxylic acids is 2. The molecule has 0 saturated carbocycles. The molecule has 0 aliphatic carbocycles. The molecule has 0 unspecified atom stereocenters. The average molecular weight is 360 g/mol. The van der Waals surface area contributed by atoms with E-state index in [0.717, 1.165) is 0 Å². The van der Waals surface area contributed by atoms with E-state index in [1.807, 2.05) is 13.8 Å². The lowest BCUT2D eigenvalue weighted by Crippen LogP contribution is -2.45. The van der Waals surface area contributed by atoms with Crippen molar-refractivity contribution >= 4 is 11.9 Å². The molecule has 0 spiro atoms. The Kier molecular flexibility index (Phi) is 6.07. The molecule has 8 nitrogen and oxygen atoms in total. The van der Waals surface area contributed by atoms with Gasteiger partial charge in [0, 0.05) is 12.4 Å². The van der Waals surface area contributed by atoms with E-state index >= 15 is 0 Å². The van der Waals surface area contributed by atoms with E-state index in [1.54, 1.807) is 45.3 Å². The van der Waals surface area contributed by atoms with Crippen molar-refractivity contribution in [2.45, 2.75) is 52.7 Å². The fourth-order valence-electron chi connectivity index (χ4n) is 2.20. The van der Waals surface area contributed by atoms with Crippen LogP contribution >= 0.6 is 0 Å². The zero-order valence-electron chi connectivity index (χ0n) is 15.6. The second-order valence-electron chi connectivity index (χ2n) is 7.35. The van der Waals surface area contributed by atoms with Crippen molar-refractivity contribution in [1.82, 2.24) is 20.4 Å². The Morgan fingerprint density at radius 2 is 2.04 bits per heavy atom. The molecule has 2 heterocycles. The van der Waals surface area contributed by atoms with Gasteiger partial charge in [0.1, 0.15) is 11.6 Å². The molecular weight excluding hydrogens is 336 g/mol. The third-order valence-electron chi connectivity index (χ3n) is 3.24. The predicted octanol–water partition coefficient (Wildman–Crippen LogP) is 2.62. The first kappa shape index (κ1) is 19.6. The van der Waals surface area contributed by atoms with Gasteiger partial charge < -0.3 is 14.6 Å². The maximum Gasteiger partial charge on any atom is 0.329 e. The molecule has 1 amide bonds. The van der Waals surface area contributed by atoms with Crippen LogP contribution in [0.15, 0.2) is 29.0 Å². The summed E-state index contributed by atoms with van der Waals surface area (Å²) < 4.78 is 10.5. The van der Waals surface area contributed by atoms with E-state index in [-0.39, 0.29) is 17.6 Å². The summed E-state index contributed by atoms with van der Waals surface area (Å²) in [7, 11) is 0. The predicted molar refractivity (Wildman–Crippen MR) is 94.1 cm³/mol. The zero-order chi connectivity index (χ0) is 19.3. The number of esters is 1. The number of hydrogen-bond acceptors (Lipinski definition) is 7. The van der Waals surface area contributed by atoms with Crippen LogP contribution in [0.25, 0.3) is 11.5 Å². The first-order valence-electron chi connectivity index (χ1n) is 8.43. The van der Waals surface area contributed by atoms with Gasteiger partial charge in [-0.25, -0.2) is 4.79 Å². The minimum atomic E-state index is -0.790. The number of hydrogen-bond donors (Lipinski definition) is 1. The van der Waals surface area contributed by atoms with Crippen LogP contribution in [0.2, 0.25) is 0 Å². The van der Waals surface area contributed by atoms with Crippen LogP contribution in [0.3, 0.4) is 0 Å². The molecule has 0 aliphatic rings. The van der Waals surface area contributed by atoms with Crippen molar-refractivity contribution in [3.8, 4) is 11.5 Å². The highest BCUT2D eigenvalue weighted by atomic mass is 16.6. The van der Waals surface area contributed by atoms with Gasteiger partial charge in [-0.15, -0.1) is 0 Å². The third-order valence-corrected chi connectivity index (χ3v) is 3.24. The Labute approximate surface area is 152 Å². The van der Waals surface area contributed by atoms with E-state index < -0.39 is 23.5 Å². The lowest BCUT2D eigenvalue weighted by Gasteiger charge is -2.25. The van der Waals surface area contributed by atoms with Gasteiger partial charge in [-0.05, 0) is 45.2 Å². The Balaban J connectivity index is 2.11. The molecule has 2 aromatic heterocycles. The molecule has 2 aromatic rings. The maximum absolute atomic E-state index is 12.4. The number of nitrogens with zero attached hydrogens (tertiary/aromatic N) is 3. The molecule has 26 heavy (non-hydrogen) atoms. The Bertz CT molecular complexity index is 750. The molecule has 0 aromatic carbocycles. The van der Waals surface area contributed by atoms with Gasteiger partial charge in [0.15, 0.2) is 0 Å². The number of ether oxygens (including phenoxy) is 1. The molecule has 0 radical (unpaired) electrons.